The van der Waals surface area contributed by atoms with Crippen LogP contribution in [-0.2, 0) is 26.2 Å². The first kappa shape index (κ1) is 31.5. The number of nitrogens with zero attached hydrogens (tertiary/aromatic N) is 2. The summed E-state index contributed by atoms with van der Waals surface area (Å²) in [5, 5.41) is 3.42. The van der Waals surface area contributed by atoms with Crippen molar-refractivity contribution in [1.29, 1.82) is 0 Å². The van der Waals surface area contributed by atoms with Crippen LogP contribution >= 0.6 is 11.6 Å². The van der Waals surface area contributed by atoms with E-state index in [1.165, 1.54) is 35.2 Å². The smallest absolute Gasteiger partial charge is 0.264 e. The fourth-order valence-electron chi connectivity index (χ4n) is 5.10. The molecule has 224 valence electrons. The Morgan fingerprint density at radius 2 is 1.64 bits per heavy atom. The Hall–Kier alpha value is -3.43. The predicted octanol–water partition coefficient (Wildman–Crippen LogP) is 6.16. The number of aryl methyl sites for hydroxylation is 2. The lowest BCUT2D eigenvalue weighted by molar-refractivity contribution is -0.139. The van der Waals surface area contributed by atoms with Crippen LogP contribution in [0.5, 0.6) is 0 Å². The standard InChI is InChI=1S/C32H37ClFN3O4S/c1-22-13-16-28(19-23(22)2)37(42(40,41)29-17-14-26(33)15-18-29)21-31(38)36(20-25-9-7-8-12-30(25)34)24(3)32(39)35-27-10-5-4-6-11-27/h7-9,12-19,24,27H,4-6,10-11,20-21H2,1-3H3,(H,35,39)/t24-/m0/s1. The van der Waals surface area contributed by atoms with E-state index in [2.05, 4.69) is 5.32 Å². The molecule has 0 aromatic heterocycles. The number of benzene rings is 3. The van der Waals surface area contributed by atoms with Gasteiger partial charge in [0.25, 0.3) is 10.0 Å². The monoisotopic (exact) mass is 613 g/mol. The fraction of sp³-hybridized carbons (Fsp3) is 0.375. The molecule has 3 aromatic carbocycles. The Labute approximate surface area is 252 Å². The number of hydrogen-bond acceptors (Lipinski definition) is 4. The third-order valence-corrected chi connectivity index (χ3v) is 9.92. The van der Waals surface area contributed by atoms with Crippen molar-refractivity contribution < 1.29 is 22.4 Å². The number of halogens is 2. The number of amides is 2. The first-order valence-electron chi connectivity index (χ1n) is 14.2. The second-order valence-electron chi connectivity index (χ2n) is 10.9. The Balaban J connectivity index is 1.70. The van der Waals surface area contributed by atoms with E-state index in [9.17, 15) is 22.4 Å². The predicted molar refractivity (Wildman–Crippen MR) is 163 cm³/mol. The van der Waals surface area contributed by atoms with Crippen molar-refractivity contribution in [3.05, 3.63) is 94.3 Å². The summed E-state index contributed by atoms with van der Waals surface area (Å²) in [7, 11) is -4.23. The van der Waals surface area contributed by atoms with Crippen LogP contribution in [0.3, 0.4) is 0 Å². The summed E-state index contributed by atoms with van der Waals surface area (Å²) in [5.74, 6) is -1.51. The molecule has 0 spiro atoms. The molecule has 3 aromatic rings. The lowest BCUT2D eigenvalue weighted by atomic mass is 9.95. The molecule has 7 nitrogen and oxygen atoms in total. The third-order valence-electron chi connectivity index (χ3n) is 7.88. The van der Waals surface area contributed by atoms with Gasteiger partial charge >= 0.3 is 0 Å². The summed E-state index contributed by atoms with van der Waals surface area (Å²) in [6.45, 7) is 4.56. The van der Waals surface area contributed by atoms with Gasteiger partial charge in [0.2, 0.25) is 11.8 Å². The molecule has 0 heterocycles. The molecule has 1 N–H and O–H groups in total. The van der Waals surface area contributed by atoms with E-state index in [-0.39, 0.29) is 29.0 Å². The molecule has 42 heavy (non-hydrogen) atoms. The lowest BCUT2D eigenvalue weighted by Gasteiger charge is -2.33. The molecular formula is C32H37ClFN3O4S. The van der Waals surface area contributed by atoms with E-state index in [0.29, 0.717) is 10.7 Å². The summed E-state index contributed by atoms with van der Waals surface area (Å²) < 4.78 is 43.7. The van der Waals surface area contributed by atoms with Gasteiger partial charge in [-0.05, 0) is 87.2 Å². The minimum atomic E-state index is -4.23. The number of sulfonamides is 1. The molecule has 4 rings (SSSR count). The first-order valence-corrected chi connectivity index (χ1v) is 16.0. The maximum Gasteiger partial charge on any atom is 0.264 e. The molecule has 0 bridgehead atoms. The molecule has 0 radical (unpaired) electrons. The largest absolute Gasteiger partial charge is 0.352 e. The zero-order valence-corrected chi connectivity index (χ0v) is 25.7. The lowest BCUT2D eigenvalue weighted by Crippen LogP contribution is -2.53. The van der Waals surface area contributed by atoms with Gasteiger partial charge in [0, 0.05) is 23.2 Å². The van der Waals surface area contributed by atoms with Gasteiger partial charge in [0.15, 0.2) is 0 Å². The highest BCUT2D eigenvalue weighted by Crippen LogP contribution is 2.27. The van der Waals surface area contributed by atoms with Gasteiger partial charge in [0.1, 0.15) is 18.4 Å². The fourth-order valence-corrected chi connectivity index (χ4v) is 6.64. The van der Waals surface area contributed by atoms with Crippen molar-refractivity contribution in [3.8, 4) is 0 Å². The van der Waals surface area contributed by atoms with Crippen LogP contribution in [0, 0.1) is 19.7 Å². The van der Waals surface area contributed by atoms with E-state index in [0.717, 1.165) is 47.5 Å². The molecule has 2 amide bonds. The number of carbonyl (C=O) groups is 2. The van der Waals surface area contributed by atoms with Crippen molar-refractivity contribution in [2.75, 3.05) is 10.8 Å². The summed E-state index contributed by atoms with van der Waals surface area (Å²) in [5.41, 5.74) is 2.33. The van der Waals surface area contributed by atoms with Gasteiger partial charge in [-0.15, -0.1) is 0 Å². The van der Waals surface area contributed by atoms with Crippen LogP contribution in [-0.4, -0.2) is 43.8 Å². The van der Waals surface area contributed by atoms with Gasteiger partial charge in [0.05, 0.1) is 10.6 Å². The van der Waals surface area contributed by atoms with Gasteiger partial charge < -0.3 is 10.2 Å². The Bertz CT molecular complexity index is 1520. The van der Waals surface area contributed by atoms with E-state index < -0.39 is 34.3 Å². The maximum absolute atomic E-state index is 14.7. The molecule has 10 heteroatoms. The van der Waals surface area contributed by atoms with Crippen molar-refractivity contribution in [3.63, 3.8) is 0 Å². The average molecular weight is 614 g/mol. The highest BCUT2D eigenvalue weighted by Gasteiger charge is 2.33. The summed E-state index contributed by atoms with van der Waals surface area (Å²) in [4.78, 5) is 28.7. The van der Waals surface area contributed by atoms with Gasteiger partial charge in [-0.3, -0.25) is 13.9 Å². The Morgan fingerprint density at radius 3 is 2.29 bits per heavy atom. The molecule has 0 saturated heterocycles. The van der Waals surface area contributed by atoms with Gasteiger partial charge in [-0.2, -0.15) is 0 Å². The molecule has 0 unspecified atom stereocenters. The second kappa shape index (κ2) is 13.7. The normalized spacial score (nSPS) is 14.7. The van der Waals surface area contributed by atoms with E-state index in [1.54, 1.807) is 43.3 Å². The van der Waals surface area contributed by atoms with Crippen LogP contribution in [0.25, 0.3) is 0 Å². The van der Waals surface area contributed by atoms with Crippen LogP contribution in [0.1, 0.15) is 55.7 Å². The third kappa shape index (κ3) is 7.50. The number of nitrogens with one attached hydrogen (secondary N) is 1. The molecule has 1 saturated carbocycles. The average Bonchev–Trinajstić information content (AvgIpc) is 2.97. The number of hydrogen-bond donors (Lipinski definition) is 1. The number of rotatable bonds is 10. The van der Waals surface area contributed by atoms with Crippen molar-refractivity contribution in [2.45, 2.75) is 76.4 Å². The highest BCUT2D eigenvalue weighted by molar-refractivity contribution is 7.92. The van der Waals surface area contributed by atoms with E-state index >= 15 is 0 Å². The van der Waals surface area contributed by atoms with Crippen LogP contribution < -0.4 is 9.62 Å². The van der Waals surface area contributed by atoms with E-state index in [4.69, 9.17) is 11.6 Å². The molecule has 1 aliphatic carbocycles. The summed E-state index contributed by atoms with van der Waals surface area (Å²) >= 11 is 6.01. The highest BCUT2D eigenvalue weighted by atomic mass is 35.5. The summed E-state index contributed by atoms with van der Waals surface area (Å²) in [6, 6.07) is 15.9. The topological polar surface area (TPSA) is 86.8 Å². The minimum absolute atomic E-state index is 0.0106. The van der Waals surface area contributed by atoms with E-state index in [1.807, 2.05) is 13.8 Å². The van der Waals surface area contributed by atoms with Crippen LogP contribution in [0.4, 0.5) is 10.1 Å². The Morgan fingerprint density at radius 1 is 0.976 bits per heavy atom. The number of carbonyl (C=O) groups excluding carboxylic acids is 2. The molecule has 1 aliphatic rings. The van der Waals surface area contributed by atoms with Gasteiger partial charge in [-0.25, -0.2) is 12.8 Å². The van der Waals surface area contributed by atoms with Gasteiger partial charge in [-0.1, -0.05) is 55.1 Å². The van der Waals surface area contributed by atoms with Crippen LogP contribution in [0.15, 0.2) is 71.6 Å². The summed E-state index contributed by atoms with van der Waals surface area (Å²) in [6.07, 6.45) is 4.88. The zero-order chi connectivity index (χ0) is 30.4. The zero-order valence-electron chi connectivity index (χ0n) is 24.1. The molecule has 1 atom stereocenters. The quantitative estimate of drug-likeness (QED) is 0.297. The Kier molecular flexibility index (Phi) is 10.3. The maximum atomic E-state index is 14.7. The van der Waals surface area contributed by atoms with Crippen molar-refractivity contribution in [2.24, 2.45) is 0 Å². The van der Waals surface area contributed by atoms with Crippen LogP contribution in [0.2, 0.25) is 5.02 Å². The minimum Gasteiger partial charge on any atom is -0.352 e. The van der Waals surface area contributed by atoms with Crippen molar-refractivity contribution in [1.82, 2.24) is 10.2 Å². The first-order chi connectivity index (χ1) is 20.0. The molecular weight excluding hydrogens is 577 g/mol. The SMILES string of the molecule is Cc1ccc(N(CC(=O)N(Cc2ccccc2F)[C@@H](C)C(=O)NC2CCCCC2)S(=O)(=O)c2ccc(Cl)cc2)cc1C. The molecule has 0 aliphatic heterocycles. The second-order valence-corrected chi connectivity index (χ2v) is 13.2. The number of anilines is 1. The molecule has 1 fully saturated rings. The van der Waals surface area contributed by atoms with Crippen molar-refractivity contribution >= 4 is 39.1 Å².